The molecule has 3 rings (SSSR count). The molecule has 34 heavy (non-hydrogen) atoms. The van der Waals surface area contributed by atoms with Crippen LogP contribution >= 0.6 is 15.9 Å². The van der Waals surface area contributed by atoms with Gasteiger partial charge in [0.2, 0.25) is 0 Å². The topological polar surface area (TPSA) is 97.0 Å². The Morgan fingerprint density at radius 1 is 1.18 bits per heavy atom. The molecule has 2 N–H and O–H groups in total. The van der Waals surface area contributed by atoms with Gasteiger partial charge in [-0.05, 0) is 65.6 Å². The number of hydrogen-bond donors (Lipinski definition) is 2. The van der Waals surface area contributed by atoms with Crippen molar-refractivity contribution in [3.8, 4) is 11.5 Å². The molecule has 1 amide bonds. The van der Waals surface area contributed by atoms with Crippen LogP contribution in [-0.4, -0.2) is 59.1 Å². The first-order chi connectivity index (χ1) is 16.3. The van der Waals surface area contributed by atoms with Gasteiger partial charge in [-0.2, -0.15) is 0 Å². The van der Waals surface area contributed by atoms with Gasteiger partial charge >= 0.3 is 0 Å². The van der Waals surface area contributed by atoms with E-state index < -0.39 is 10.0 Å². The van der Waals surface area contributed by atoms with Gasteiger partial charge in [0, 0.05) is 35.4 Å². The summed E-state index contributed by atoms with van der Waals surface area (Å²) in [5, 5.41) is 3.42. The minimum atomic E-state index is -3.92. The molecule has 1 saturated heterocycles. The molecule has 1 atom stereocenters. The second kappa shape index (κ2) is 11.9. The molecule has 2 aromatic rings. The molecule has 0 saturated carbocycles. The quantitative estimate of drug-likeness (QED) is 0.481. The first-order valence-electron chi connectivity index (χ1n) is 11.4. The van der Waals surface area contributed by atoms with Crippen LogP contribution in [0.3, 0.4) is 0 Å². The fourth-order valence-corrected chi connectivity index (χ4v) is 5.49. The molecule has 1 unspecified atom stereocenters. The Balaban J connectivity index is 1.87. The van der Waals surface area contributed by atoms with Crippen LogP contribution < -0.4 is 19.5 Å². The lowest BCUT2D eigenvalue weighted by Gasteiger charge is -2.30. The Labute approximate surface area is 210 Å². The molecule has 1 aliphatic heterocycles. The van der Waals surface area contributed by atoms with Crippen molar-refractivity contribution in [1.29, 1.82) is 0 Å². The Morgan fingerprint density at radius 3 is 2.65 bits per heavy atom. The molecule has 0 aromatic heterocycles. The van der Waals surface area contributed by atoms with E-state index in [2.05, 4.69) is 32.9 Å². The molecule has 0 spiro atoms. The second-order valence-corrected chi connectivity index (χ2v) is 10.7. The molecule has 10 heteroatoms. The largest absolute Gasteiger partial charge is 0.493 e. The number of carbonyl (C=O) groups excluding carboxylic acids is 1. The summed E-state index contributed by atoms with van der Waals surface area (Å²) in [6.07, 6.45) is 3.91. The van der Waals surface area contributed by atoms with Crippen LogP contribution in [-0.2, 0) is 10.0 Å². The Morgan fingerprint density at radius 2 is 1.94 bits per heavy atom. The van der Waals surface area contributed by atoms with Crippen molar-refractivity contribution in [3.05, 3.63) is 46.4 Å². The zero-order valence-corrected chi connectivity index (χ0v) is 22.2. The highest BCUT2D eigenvalue weighted by Gasteiger charge is 2.27. The van der Waals surface area contributed by atoms with E-state index in [0.29, 0.717) is 33.8 Å². The van der Waals surface area contributed by atoms with Gasteiger partial charge in [-0.3, -0.25) is 9.52 Å². The number of carbonyl (C=O) groups is 1. The van der Waals surface area contributed by atoms with Crippen molar-refractivity contribution < 1.29 is 22.7 Å². The van der Waals surface area contributed by atoms with Crippen molar-refractivity contribution in [2.45, 2.75) is 43.5 Å². The summed E-state index contributed by atoms with van der Waals surface area (Å²) in [7, 11) is -0.987. The summed E-state index contributed by atoms with van der Waals surface area (Å²) < 4.78 is 39.7. The van der Waals surface area contributed by atoms with E-state index >= 15 is 0 Å². The molecular formula is C24H32BrN3O5S. The molecule has 0 aliphatic carbocycles. The van der Waals surface area contributed by atoms with Gasteiger partial charge in [0.25, 0.3) is 15.9 Å². The summed E-state index contributed by atoms with van der Waals surface area (Å²) >= 11 is 3.48. The number of nitrogens with zero attached hydrogens (tertiary/aromatic N) is 1. The number of sulfonamides is 1. The number of nitrogens with one attached hydrogen (secondary N) is 2. The van der Waals surface area contributed by atoms with E-state index in [4.69, 9.17) is 9.47 Å². The number of anilines is 1. The fraction of sp³-hybridized carbons (Fsp3) is 0.458. The van der Waals surface area contributed by atoms with Crippen LogP contribution in [0.5, 0.6) is 11.5 Å². The highest BCUT2D eigenvalue weighted by molar-refractivity contribution is 9.10. The van der Waals surface area contributed by atoms with Crippen molar-refractivity contribution in [3.63, 3.8) is 0 Å². The predicted octanol–water partition coefficient (Wildman–Crippen LogP) is 4.26. The average molecular weight is 555 g/mol. The van der Waals surface area contributed by atoms with Crippen LogP contribution in [0, 0.1) is 0 Å². The molecule has 1 heterocycles. The third-order valence-corrected chi connectivity index (χ3v) is 7.91. The molecule has 2 aromatic carbocycles. The van der Waals surface area contributed by atoms with E-state index in [9.17, 15) is 13.2 Å². The van der Waals surface area contributed by atoms with Crippen molar-refractivity contribution in [1.82, 2.24) is 10.2 Å². The maximum absolute atomic E-state index is 13.5. The van der Waals surface area contributed by atoms with Gasteiger partial charge in [0.15, 0.2) is 11.5 Å². The maximum atomic E-state index is 13.5. The molecule has 1 aliphatic rings. The van der Waals surface area contributed by atoms with Crippen LogP contribution in [0.4, 0.5) is 5.69 Å². The van der Waals surface area contributed by atoms with Gasteiger partial charge in [-0.25, -0.2) is 8.42 Å². The van der Waals surface area contributed by atoms with Crippen molar-refractivity contribution in [2.75, 3.05) is 38.6 Å². The van der Waals surface area contributed by atoms with E-state index in [0.717, 1.165) is 38.8 Å². The van der Waals surface area contributed by atoms with E-state index in [1.165, 1.54) is 32.4 Å². The standard InChI is InChI=1S/C24H32BrN3O5S/c1-4-5-7-18-16-26-12-6-13-28(18)24(29)20-14-17(8-10-21(20)25)27-34(30,31)19-9-11-22(32-2)23(15-19)33-3/h8-11,14-15,18,26-27H,4-7,12-13,16H2,1-3H3. The molecule has 0 bridgehead atoms. The van der Waals surface area contributed by atoms with E-state index in [-0.39, 0.29) is 16.8 Å². The van der Waals surface area contributed by atoms with Crippen molar-refractivity contribution in [2.24, 2.45) is 0 Å². The molecule has 8 nitrogen and oxygen atoms in total. The summed E-state index contributed by atoms with van der Waals surface area (Å²) in [5.41, 5.74) is 0.732. The van der Waals surface area contributed by atoms with Gasteiger partial charge in [-0.1, -0.05) is 19.8 Å². The predicted molar refractivity (Wildman–Crippen MR) is 136 cm³/mol. The zero-order valence-electron chi connectivity index (χ0n) is 19.8. The number of benzene rings is 2. The van der Waals surface area contributed by atoms with Gasteiger partial charge in [0.05, 0.1) is 24.7 Å². The average Bonchev–Trinajstić information content (AvgIpc) is 3.08. The minimum Gasteiger partial charge on any atom is -0.493 e. The fourth-order valence-electron chi connectivity index (χ4n) is 4.01. The molecule has 0 radical (unpaired) electrons. The highest BCUT2D eigenvalue weighted by atomic mass is 79.9. The number of rotatable bonds is 9. The van der Waals surface area contributed by atoms with Gasteiger partial charge in [0.1, 0.15) is 0 Å². The summed E-state index contributed by atoms with van der Waals surface area (Å²) in [4.78, 5) is 15.5. The normalized spacial score (nSPS) is 16.6. The van der Waals surface area contributed by atoms with Crippen LogP contribution in [0.1, 0.15) is 43.0 Å². The minimum absolute atomic E-state index is 0.0270. The van der Waals surface area contributed by atoms with E-state index in [1.54, 1.807) is 18.2 Å². The zero-order chi connectivity index (χ0) is 24.7. The molecule has 186 valence electrons. The number of amides is 1. The highest BCUT2D eigenvalue weighted by Crippen LogP contribution is 2.31. The summed E-state index contributed by atoms with van der Waals surface area (Å²) in [6, 6.07) is 9.38. The summed E-state index contributed by atoms with van der Waals surface area (Å²) in [6.45, 7) is 4.43. The third-order valence-electron chi connectivity index (χ3n) is 5.84. The van der Waals surface area contributed by atoms with E-state index in [1.807, 2.05) is 4.90 Å². The van der Waals surface area contributed by atoms with Gasteiger partial charge in [-0.15, -0.1) is 0 Å². The molecule has 1 fully saturated rings. The Hall–Kier alpha value is -2.30. The monoisotopic (exact) mass is 553 g/mol. The van der Waals surface area contributed by atoms with Crippen LogP contribution in [0.2, 0.25) is 0 Å². The van der Waals surface area contributed by atoms with Crippen LogP contribution in [0.15, 0.2) is 45.8 Å². The smallest absolute Gasteiger partial charge is 0.262 e. The lowest BCUT2D eigenvalue weighted by atomic mass is 10.1. The Bertz CT molecular complexity index is 1110. The maximum Gasteiger partial charge on any atom is 0.262 e. The second-order valence-electron chi connectivity index (χ2n) is 8.17. The Kier molecular flexibility index (Phi) is 9.21. The van der Waals surface area contributed by atoms with Crippen molar-refractivity contribution >= 4 is 37.5 Å². The summed E-state index contributed by atoms with van der Waals surface area (Å²) in [5.74, 6) is 0.635. The number of methoxy groups -OCH3 is 2. The molecular weight excluding hydrogens is 522 g/mol. The third kappa shape index (κ3) is 6.22. The number of hydrogen-bond acceptors (Lipinski definition) is 6. The van der Waals surface area contributed by atoms with Gasteiger partial charge < -0.3 is 19.7 Å². The number of unbranched alkanes of at least 4 members (excludes halogenated alkanes) is 1. The lowest BCUT2D eigenvalue weighted by molar-refractivity contribution is 0.0681. The SMILES string of the molecule is CCCCC1CNCCCN1C(=O)c1cc(NS(=O)(=O)c2ccc(OC)c(OC)c2)ccc1Br. The lowest BCUT2D eigenvalue weighted by Crippen LogP contribution is -2.43. The van der Waals surface area contributed by atoms with Crippen LogP contribution in [0.25, 0.3) is 0 Å². The first-order valence-corrected chi connectivity index (χ1v) is 13.6. The number of halogens is 1. The number of ether oxygens (including phenoxy) is 2. The first kappa shape index (κ1) is 26.3.